The maximum Gasteiger partial charge on any atom is 0.255 e. The molecule has 0 saturated carbocycles. The van der Waals surface area contributed by atoms with Crippen LogP contribution in [0.2, 0.25) is 5.02 Å². The number of hydrogen-bond donors (Lipinski definition) is 2. The van der Waals surface area contributed by atoms with Gasteiger partial charge in [0.25, 0.3) is 5.91 Å². The number of carbonyl (C=O) groups excluding carboxylic acids is 3. The van der Waals surface area contributed by atoms with E-state index in [2.05, 4.69) is 10.2 Å². The molecule has 2 aliphatic heterocycles. The van der Waals surface area contributed by atoms with Crippen LogP contribution in [0.3, 0.4) is 0 Å². The van der Waals surface area contributed by atoms with Gasteiger partial charge < -0.3 is 30.3 Å². The first kappa shape index (κ1) is 27.2. The third-order valence-corrected chi connectivity index (χ3v) is 7.44. The zero-order valence-corrected chi connectivity index (χ0v) is 21.6. The second kappa shape index (κ2) is 12.6. The van der Waals surface area contributed by atoms with Gasteiger partial charge in [0, 0.05) is 51.7 Å². The van der Waals surface area contributed by atoms with Gasteiger partial charge in [-0.3, -0.25) is 14.4 Å². The molecular weight excluding hydrogens is 472 g/mol. The maximum atomic E-state index is 12.9. The first-order chi connectivity index (χ1) is 16.7. The van der Waals surface area contributed by atoms with Gasteiger partial charge in [0.15, 0.2) is 0 Å². The number of ether oxygens (including phenoxy) is 2. The largest absolute Gasteiger partial charge is 0.496 e. The van der Waals surface area contributed by atoms with E-state index in [1.54, 1.807) is 20.1 Å². The predicted molar refractivity (Wildman–Crippen MR) is 135 cm³/mol. The molecule has 194 valence electrons. The van der Waals surface area contributed by atoms with Crippen LogP contribution in [-0.4, -0.2) is 86.5 Å². The number of likely N-dealkylation sites (tertiary alicyclic amines) is 2. The van der Waals surface area contributed by atoms with Crippen LogP contribution in [0.1, 0.15) is 49.4 Å². The van der Waals surface area contributed by atoms with Gasteiger partial charge in [-0.2, -0.15) is 0 Å². The van der Waals surface area contributed by atoms with Gasteiger partial charge in [-0.05, 0) is 45.2 Å². The van der Waals surface area contributed by atoms with Crippen molar-refractivity contribution in [3.8, 4) is 5.75 Å². The van der Waals surface area contributed by atoms with Gasteiger partial charge in [-0.25, -0.2) is 0 Å². The van der Waals surface area contributed by atoms with Gasteiger partial charge in [0.05, 0.1) is 35.5 Å². The smallest absolute Gasteiger partial charge is 0.255 e. The molecule has 2 heterocycles. The van der Waals surface area contributed by atoms with Crippen LogP contribution in [0.5, 0.6) is 5.75 Å². The highest BCUT2D eigenvalue weighted by Crippen LogP contribution is 2.29. The highest BCUT2D eigenvalue weighted by atomic mass is 35.5. The normalized spacial score (nSPS) is 21.5. The minimum absolute atomic E-state index is 0.102. The summed E-state index contributed by atoms with van der Waals surface area (Å²) in [5.74, 6) is 0.564. The number of nitrogen functional groups attached to an aromatic ring is 1. The van der Waals surface area contributed by atoms with Crippen molar-refractivity contribution in [2.75, 3.05) is 52.7 Å². The van der Waals surface area contributed by atoms with Crippen LogP contribution in [0.25, 0.3) is 0 Å². The summed E-state index contributed by atoms with van der Waals surface area (Å²) < 4.78 is 11.0. The summed E-state index contributed by atoms with van der Waals surface area (Å²) in [6.45, 7) is 5.22. The first-order valence-corrected chi connectivity index (χ1v) is 12.6. The van der Waals surface area contributed by atoms with E-state index in [4.69, 9.17) is 26.8 Å². The number of benzene rings is 1. The lowest BCUT2D eigenvalue weighted by Gasteiger charge is -2.38. The number of nitrogens with zero attached hydrogens (tertiary/aromatic N) is 2. The highest BCUT2D eigenvalue weighted by molar-refractivity contribution is 6.33. The lowest BCUT2D eigenvalue weighted by atomic mass is 9.93. The molecule has 0 bridgehead atoms. The number of methoxy groups -OCH3 is 2. The molecule has 9 nitrogen and oxygen atoms in total. The minimum atomic E-state index is -0.289. The fraction of sp³-hybridized carbons (Fsp3) is 0.640. The van der Waals surface area contributed by atoms with Crippen molar-refractivity contribution in [2.45, 2.75) is 51.2 Å². The van der Waals surface area contributed by atoms with E-state index in [9.17, 15) is 14.4 Å². The Morgan fingerprint density at radius 1 is 1.14 bits per heavy atom. The molecule has 2 atom stereocenters. The summed E-state index contributed by atoms with van der Waals surface area (Å²) in [5, 5.41) is 3.35. The van der Waals surface area contributed by atoms with E-state index in [0.717, 1.165) is 38.8 Å². The van der Waals surface area contributed by atoms with E-state index in [1.165, 1.54) is 13.2 Å². The Morgan fingerprint density at radius 2 is 1.86 bits per heavy atom. The molecule has 2 aliphatic rings. The first-order valence-electron chi connectivity index (χ1n) is 12.2. The lowest BCUT2D eigenvalue weighted by Crippen LogP contribution is -2.55. The summed E-state index contributed by atoms with van der Waals surface area (Å²) in [6, 6.07) is 2.90. The van der Waals surface area contributed by atoms with E-state index in [1.807, 2.05) is 4.90 Å². The van der Waals surface area contributed by atoms with Crippen molar-refractivity contribution in [3.63, 3.8) is 0 Å². The average molecular weight is 509 g/mol. The number of amides is 2. The lowest BCUT2D eigenvalue weighted by molar-refractivity contribution is -0.134. The second-order valence-corrected chi connectivity index (χ2v) is 9.79. The molecular formula is C25H37ClN4O5. The molecule has 2 amide bonds. The molecule has 2 saturated heterocycles. The number of nitrogens with two attached hydrogens (primary N) is 1. The van der Waals surface area contributed by atoms with E-state index < -0.39 is 0 Å². The van der Waals surface area contributed by atoms with Crippen molar-refractivity contribution in [3.05, 3.63) is 22.7 Å². The molecule has 2 fully saturated rings. The molecule has 0 radical (unpaired) electrons. The fourth-order valence-corrected chi connectivity index (χ4v) is 5.06. The standard InChI is InChI=1S/C25H37ClN4O5/c1-16(31)17-6-11-30(12-7-17)24(32)5-4-9-29-10-8-21(23(15-29)35-3)28-25(33)18-13-19(26)20(27)14-22(18)34-2/h13-14,17,21,23H,4-12,15,27H2,1-3H3,(H,28,33)/t21-,23+/m1/s1. The van der Waals surface area contributed by atoms with Crippen LogP contribution in [0.4, 0.5) is 5.69 Å². The Balaban J connectivity index is 1.46. The van der Waals surface area contributed by atoms with E-state index in [-0.39, 0.29) is 35.7 Å². The third-order valence-electron chi connectivity index (χ3n) is 7.11. The number of carbonyl (C=O) groups is 3. The number of ketones is 1. The van der Waals surface area contributed by atoms with Crippen LogP contribution < -0.4 is 15.8 Å². The van der Waals surface area contributed by atoms with Crippen molar-refractivity contribution in [1.82, 2.24) is 15.1 Å². The zero-order valence-electron chi connectivity index (χ0n) is 20.8. The molecule has 0 unspecified atom stereocenters. The van der Waals surface area contributed by atoms with Crippen molar-refractivity contribution >= 4 is 34.9 Å². The minimum Gasteiger partial charge on any atom is -0.496 e. The Kier molecular flexibility index (Phi) is 9.77. The molecule has 0 aliphatic carbocycles. The Morgan fingerprint density at radius 3 is 2.49 bits per heavy atom. The number of hydrogen-bond acceptors (Lipinski definition) is 7. The average Bonchev–Trinajstić information content (AvgIpc) is 2.85. The summed E-state index contributed by atoms with van der Waals surface area (Å²) in [6.07, 6.45) is 3.34. The summed E-state index contributed by atoms with van der Waals surface area (Å²) in [4.78, 5) is 41.2. The third kappa shape index (κ3) is 7.08. The molecule has 1 aromatic carbocycles. The Labute approximate surface area is 212 Å². The topological polar surface area (TPSA) is 114 Å². The molecule has 1 aromatic rings. The molecule has 3 rings (SSSR count). The van der Waals surface area contributed by atoms with Crippen LogP contribution >= 0.6 is 11.6 Å². The number of halogens is 1. The van der Waals surface area contributed by atoms with E-state index in [0.29, 0.717) is 48.1 Å². The van der Waals surface area contributed by atoms with E-state index >= 15 is 0 Å². The van der Waals surface area contributed by atoms with Gasteiger partial charge in [-0.1, -0.05) is 11.6 Å². The maximum absolute atomic E-state index is 12.9. The summed E-state index contributed by atoms with van der Waals surface area (Å²) in [5.41, 5.74) is 6.50. The summed E-state index contributed by atoms with van der Waals surface area (Å²) in [7, 11) is 3.12. The predicted octanol–water partition coefficient (Wildman–Crippen LogP) is 2.36. The fourth-order valence-electron chi connectivity index (χ4n) is 4.90. The van der Waals surface area contributed by atoms with Gasteiger partial charge >= 0.3 is 0 Å². The Bertz CT molecular complexity index is 919. The SMILES string of the molecule is COc1cc(N)c(Cl)cc1C(=O)N[C@@H]1CCN(CCCC(=O)N2CCC(C(C)=O)CC2)C[C@@H]1OC. The monoisotopic (exact) mass is 508 g/mol. The number of rotatable bonds is 9. The molecule has 35 heavy (non-hydrogen) atoms. The molecule has 10 heteroatoms. The molecule has 3 N–H and O–H groups in total. The Hall–Kier alpha value is -2.36. The quantitative estimate of drug-likeness (QED) is 0.492. The number of Topliss-reactive ketones (excluding diaryl/α,β-unsaturated/α-hetero) is 1. The van der Waals surface area contributed by atoms with Gasteiger partial charge in [0.1, 0.15) is 11.5 Å². The molecule has 0 aromatic heterocycles. The van der Waals surface area contributed by atoms with Crippen LogP contribution in [0.15, 0.2) is 12.1 Å². The van der Waals surface area contributed by atoms with Crippen molar-refractivity contribution < 1.29 is 23.9 Å². The van der Waals surface area contributed by atoms with Crippen molar-refractivity contribution in [2.24, 2.45) is 5.92 Å². The number of nitrogens with one attached hydrogen (secondary N) is 1. The van der Waals surface area contributed by atoms with Crippen molar-refractivity contribution in [1.29, 1.82) is 0 Å². The highest BCUT2D eigenvalue weighted by Gasteiger charge is 2.31. The second-order valence-electron chi connectivity index (χ2n) is 9.39. The zero-order chi connectivity index (χ0) is 25.5. The summed E-state index contributed by atoms with van der Waals surface area (Å²) >= 11 is 6.11. The molecule has 0 spiro atoms. The van der Waals surface area contributed by atoms with Crippen LogP contribution in [-0.2, 0) is 14.3 Å². The number of anilines is 1. The van der Waals surface area contributed by atoms with Gasteiger partial charge in [0.2, 0.25) is 5.91 Å². The van der Waals surface area contributed by atoms with Crippen LogP contribution in [0, 0.1) is 5.92 Å². The van der Waals surface area contributed by atoms with Gasteiger partial charge in [-0.15, -0.1) is 0 Å². The number of piperidine rings is 2.